The number of aromatic nitrogens is 3. The maximum atomic E-state index is 13.3. The normalized spacial score (nSPS) is 16.1. The Morgan fingerprint density at radius 1 is 1.25 bits per heavy atom. The highest BCUT2D eigenvalue weighted by Gasteiger charge is 2.29. The van der Waals surface area contributed by atoms with Gasteiger partial charge in [-0.2, -0.15) is 4.31 Å². The molecule has 0 saturated heterocycles. The molecular formula is C11H12FN5O2S. The molecule has 0 fully saturated rings. The van der Waals surface area contributed by atoms with Crippen molar-refractivity contribution < 1.29 is 12.8 Å². The first-order valence-corrected chi connectivity index (χ1v) is 7.34. The van der Waals surface area contributed by atoms with E-state index in [0.717, 1.165) is 12.1 Å². The molecule has 20 heavy (non-hydrogen) atoms. The number of nitrogen functional groups attached to an aromatic ring is 1. The minimum atomic E-state index is -3.80. The molecule has 7 nitrogen and oxygen atoms in total. The van der Waals surface area contributed by atoms with Gasteiger partial charge in [0.05, 0.1) is 11.4 Å². The molecular weight excluding hydrogens is 285 g/mol. The van der Waals surface area contributed by atoms with Crippen LogP contribution >= 0.6 is 0 Å². The number of benzene rings is 1. The van der Waals surface area contributed by atoms with Gasteiger partial charge < -0.3 is 10.3 Å². The van der Waals surface area contributed by atoms with Gasteiger partial charge in [0.2, 0.25) is 10.0 Å². The van der Waals surface area contributed by atoms with E-state index >= 15 is 0 Å². The molecule has 106 valence electrons. The van der Waals surface area contributed by atoms with Crippen molar-refractivity contribution in [3.8, 4) is 0 Å². The fourth-order valence-electron chi connectivity index (χ4n) is 2.13. The highest BCUT2D eigenvalue weighted by atomic mass is 32.2. The van der Waals surface area contributed by atoms with Crippen LogP contribution in [0.2, 0.25) is 0 Å². The summed E-state index contributed by atoms with van der Waals surface area (Å²) in [4.78, 5) is -0.150. The average Bonchev–Trinajstić information content (AvgIpc) is 2.84. The monoisotopic (exact) mass is 297 g/mol. The first-order valence-electron chi connectivity index (χ1n) is 5.90. The Hall–Kier alpha value is -2.00. The predicted molar refractivity (Wildman–Crippen MR) is 68.4 cm³/mol. The molecule has 0 aliphatic carbocycles. The first kappa shape index (κ1) is 13.0. The van der Waals surface area contributed by atoms with E-state index in [2.05, 4.69) is 10.2 Å². The number of hydrogen-bond donors (Lipinski definition) is 1. The van der Waals surface area contributed by atoms with E-state index in [1.807, 2.05) is 0 Å². The third kappa shape index (κ3) is 2.14. The van der Waals surface area contributed by atoms with Gasteiger partial charge in [0.1, 0.15) is 18.0 Å². The lowest BCUT2D eigenvalue weighted by atomic mass is 10.3. The number of anilines is 1. The van der Waals surface area contributed by atoms with E-state index in [0.29, 0.717) is 12.4 Å². The number of hydrogen-bond acceptors (Lipinski definition) is 5. The Morgan fingerprint density at radius 2 is 2.05 bits per heavy atom. The van der Waals surface area contributed by atoms with Gasteiger partial charge in [0.25, 0.3) is 0 Å². The molecule has 0 amide bonds. The van der Waals surface area contributed by atoms with Gasteiger partial charge in [0.15, 0.2) is 0 Å². The van der Waals surface area contributed by atoms with E-state index in [9.17, 15) is 12.8 Å². The van der Waals surface area contributed by atoms with Crippen molar-refractivity contribution in [1.29, 1.82) is 0 Å². The van der Waals surface area contributed by atoms with Gasteiger partial charge in [-0.05, 0) is 18.2 Å². The predicted octanol–water partition coefficient (Wildman–Crippen LogP) is 0.204. The van der Waals surface area contributed by atoms with E-state index in [1.165, 1.54) is 10.4 Å². The summed E-state index contributed by atoms with van der Waals surface area (Å²) >= 11 is 0. The Balaban J connectivity index is 1.97. The lowest BCUT2D eigenvalue weighted by Gasteiger charge is -2.26. The van der Waals surface area contributed by atoms with Crippen LogP contribution in [0.4, 0.5) is 10.1 Å². The summed E-state index contributed by atoms with van der Waals surface area (Å²) < 4.78 is 41.3. The Bertz CT molecular complexity index is 738. The SMILES string of the molecule is Nc1cc(F)cc(S(=O)(=O)N2CCn3cnnc3C2)c1. The van der Waals surface area contributed by atoms with Crippen LogP contribution in [0.1, 0.15) is 5.82 Å². The maximum absolute atomic E-state index is 13.3. The molecule has 0 radical (unpaired) electrons. The lowest BCUT2D eigenvalue weighted by Crippen LogP contribution is -2.38. The van der Waals surface area contributed by atoms with Crippen LogP contribution in [-0.2, 0) is 23.1 Å². The molecule has 0 saturated carbocycles. The number of sulfonamides is 1. The molecule has 3 rings (SSSR count). The van der Waals surface area contributed by atoms with Crippen molar-refractivity contribution in [2.45, 2.75) is 18.0 Å². The minimum Gasteiger partial charge on any atom is -0.399 e. The van der Waals surface area contributed by atoms with E-state index in [1.54, 1.807) is 10.9 Å². The van der Waals surface area contributed by atoms with Gasteiger partial charge in [-0.25, -0.2) is 12.8 Å². The molecule has 1 aromatic heterocycles. The van der Waals surface area contributed by atoms with Gasteiger partial charge in [-0.3, -0.25) is 0 Å². The van der Waals surface area contributed by atoms with Crippen LogP contribution in [0.3, 0.4) is 0 Å². The summed E-state index contributed by atoms with van der Waals surface area (Å²) in [6.07, 6.45) is 1.56. The smallest absolute Gasteiger partial charge is 0.243 e. The summed E-state index contributed by atoms with van der Waals surface area (Å²) in [7, 11) is -3.80. The zero-order valence-corrected chi connectivity index (χ0v) is 11.2. The van der Waals surface area contributed by atoms with Crippen molar-refractivity contribution in [1.82, 2.24) is 19.1 Å². The van der Waals surface area contributed by atoms with Crippen molar-refractivity contribution in [3.05, 3.63) is 36.2 Å². The van der Waals surface area contributed by atoms with E-state index in [-0.39, 0.29) is 23.7 Å². The van der Waals surface area contributed by atoms with Gasteiger partial charge in [-0.15, -0.1) is 10.2 Å². The fourth-order valence-corrected chi connectivity index (χ4v) is 3.58. The summed E-state index contributed by atoms with van der Waals surface area (Å²) in [5.41, 5.74) is 5.57. The zero-order chi connectivity index (χ0) is 14.3. The number of fused-ring (bicyclic) bond motifs is 1. The second kappa shape index (κ2) is 4.53. The number of halogens is 1. The molecule has 0 unspecified atom stereocenters. The highest BCUT2D eigenvalue weighted by Crippen LogP contribution is 2.23. The average molecular weight is 297 g/mol. The summed E-state index contributed by atoms with van der Waals surface area (Å²) in [6, 6.07) is 3.29. The summed E-state index contributed by atoms with van der Waals surface area (Å²) in [5, 5.41) is 7.59. The molecule has 2 heterocycles. The third-order valence-corrected chi connectivity index (χ3v) is 4.96. The molecule has 1 aromatic carbocycles. The van der Waals surface area contributed by atoms with Crippen LogP contribution in [-0.4, -0.2) is 34.0 Å². The number of rotatable bonds is 2. The van der Waals surface area contributed by atoms with Gasteiger partial charge >= 0.3 is 0 Å². The van der Waals surface area contributed by atoms with Crippen molar-refractivity contribution in [2.24, 2.45) is 0 Å². The Labute approximate surface area is 114 Å². The third-order valence-electron chi connectivity index (χ3n) is 3.14. The molecule has 9 heteroatoms. The largest absolute Gasteiger partial charge is 0.399 e. The molecule has 1 aliphatic rings. The second-order valence-electron chi connectivity index (χ2n) is 4.50. The molecule has 0 atom stereocenters. The van der Waals surface area contributed by atoms with Crippen molar-refractivity contribution in [2.75, 3.05) is 12.3 Å². The maximum Gasteiger partial charge on any atom is 0.243 e. The van der Waals surface area contributed by atoms with Crippen LogP contribution in [0.15, 0.2) is 29.4 Å². The number of nitrogens with zero attached hydrogens (tertiary/aromatic N) is 4. The minimum absolute atomic E-state index is 0.0729. The standard InChI is InChI=1S/C11H12FN5O2S/c12-8-3-9(13)5-10(4-8)20(18,19)17-2-1-16-7-14-15-11(16)6-17/h3-5,7H,1-2,6,13H2. The summed E-state index contributed by atoms with van der Waals surface area (Å²) in [6.45, 7) is 0.856. The Morgan fingerprint density at radius 3 is 2.80 bits per heavy atom. The summed E-state index contributed by atoms with van der Waals surface area (Å²) in [5.74, 6) is -0.118. The first-order chi connectivity index (χ1) is 9.46. The second-order valence-corrected chi connectivity index (χ2v) is 6.44. The molecule has 0 spiro atoms. The highest BCUT2D eigenvalue weighted by molar-refractivity contribution is 7.89. The van der Waals surface area contributed by atoms with Crippen LogP contribution < -0.4 is 5.73 Å². The van der Waals surface area contributed by atoms with Crippen LogP contribution in [0.5, 0.6) is 0 Å². The van der Waals surface area contributed by atoms with Crippen LogP contribution in [0.25, 0.3) is 0 Å². The molecule has 1 aliphatic heterocycles. The van der Waals surface area contributed by atoms with E-state index < -0.39 is 15.8 Å². The topological polar surface area (TPSA) is 94.1 Å². The number of nitrogens with two attached hydrogens (primary N) is 1. The lowest BCUT2D eigenvalue weighted by molar-refractivity contribution is 0.335. The van der Waals surface area contributed by atoms with Crippen LogP contribution in [0, 0.1) is 5.82 Å². The molecule has 2 N–H and O–H groups in total. The van der Waals surface area contributed by atoms with Gasteiger partial charge in [0, 0.05) is 18.8 Å². The van der Waals surface area contributed by atoms with Crippen molar-refractivity contribution in [3.63, 3.8) is 0 Å². The molecule has 2 aromatic rings. The quantitative estimate of drug-likeness (QED) is 0.799. The van der Waals surface area contributed by atoms with E-state index in [4.69, 9.17) is 5.73 Å². The Kier molecular flexibility index (Phi) is 2.94. The fraction of sp³-hybridized carbons (Fsp3) is 0.273. The van der Waals surface area contributed by atoms with Gasteiger partial charge in [-0.1, -0.05) is 0 Å². The molecule has 0 bridgehead atoms. The van der Waals surface area contributed by atoms with Crippen molar-refractivity contribution >= 4 is 15.7 Å². The zero-order valence-electron chi connectivity index (χ0n) is 10.4.